The van der Waals surface area contributed by atoms with Crippen molar-refractivity contribution in [1.29, 1.82) is 0 Å². The molecule has 1 rings (SSSR count). The average molecular weight is 479 g/mol. The third kappa shape index (κ3) is 7.38. The molecule has 0 unspecified atom stereocenters. The summed E-state index contributed by atoms with van der Waals surface area (Å²) in [6, 6.07) is 0. The molecule has 0 amide bonds. The Morgan fingerprint density at radius 3 is 2.15 bits per heavy atom. The fourth-order valence-electron chi connectivity index (χ4n) is 2.92. The standard InChI is InChI=1S/C17H27BINO6/c1-12(7-9-19)17(24-5)13(2)14(23-4)6-8-18-25-15(21)10-20(3)11-16(22)26-18/h6-9,12-14,17H,10-11H2,1-5H3/b8-6+,9-7+/t12-,13+,14-,17-/m0/s1. The Labute approximate surface area is 169 Å². The van der Waals surface area contributed by atoms with Gasteiger partial charge in [0.2, 0.25) is 0 Å². The molecule has 1 aliphatic heterocycles. The molecule has 0 radical (unpaired) electrons. The average Bonchev–Trinajstić information content (AvgIpc) is 2.54. The SMILES string of the molecule is CO[C@H]([C@H](C)[C@H](/C=C/B1OC(=O)CN(C)CC(=O)O1)OC)[C@@H](C)/C=C/I. The number of nitrogens with zero attached hydrogens (tertiary/aromatic N) is 1. The number of methoxy groups -OCH3 is 2. The van der Waals surface area contributed by atoms with Crippen LogP contribution in [0.1, 0.15) is 13.8 Å². The number of carbonyl (C=O) groups is 2. The molecule has 0 aliphatic carbocycles. The molecule has 7 nitrogen and oxygen atoms in total. The first-order valence-corrected chi connectivity index (χ1v) is 9.65. The molecule has 0 aromatic rings. The molecule has 4 atom stereocenters. The second kappa shape index (κ2) is 11.7. The van der Waals surface area contributed by atoms with E-state index < -0.39 is 19.1 Å². The molecule has 0 N–H and O–H groups in total. The minimum Gasteiger partial charge on any atom is -0.495 e. The van der Waals surface area contributed by atoms with Gasteiger partial charge >= 0.3 is 19.1 Å². The van der Waals surface area contributed by atoms with E-state index in [0.29, 0.717) is 0 Å². The molecular weight excluding hydrogens is 452 g/mol. The monoisotopic (exact) mass is 479 g/mol. The van der Waals surface area contributed by atoms with E-state index in [2.05, 4.69) is 35.6 Å². The van der Waals surface area contributed by atoms with Crippen molar-refractivity contribution in [2.24, 2.45) is 11.8 Å². The zero-order valence-electron chi connectivity index (χ0n) is 15.9. The maximum atomic E-state index is 11.8. The Morgan fingerprint density at radius 1 is 1.12 bits per heavy atom. The van der Waals surface area contributed by atoms with Gasteiger partial charge in [0.25, 0.3) is 0 Å². The van der Waals surface area contributed by atoms with Crippen molar-refractivity contribution in [3.63, 3.8) is 0 Å². The number of carbonyl (C=O) groups excluding carboxylic acids is 2. The summed E-state index contributed by atoms with van der Waals surface area (Å²) < 4.78 is 23.5. The van der Waals surface area contributed by atoms with Gasteiger partial charge in [0.15, 0.2) is 0 Å². The Hall–Kier alpha value is -0.905. The van der Waals surface area contributed by atoms with Crippen LogP contribution in [-0.4, -0.2) is 70.5 Å². The van der Waals surface area contributed by atoms with Gasteiger partial charge in [-0.25, -0.2) is 0 Å². The highest BCUT2D eigenvalue weighted by Gasteiger charge is 2.31. The number of halogens is 1. The van der Waals surface area contributed by atoms with Crippen LogP contribution in [0.25, 0.3) is 0 Å². The lowest BCUT2D eigenvalue weighted by molar-refractivity contribution is -0.145. The fraction of sp³-hybridized carbons (Fsp3) is 0.647. The van der Waals surface area contributed by atoms with Crippen molar-refractivity contribution in [3.8, 4) is 0 Å². The molecule has 0 saturated carbocycles. The van der Waals surface area contributed by atoms with Gasteiger partial charge in [0.05, 0.1) is 25.3 Å². The molecule has 9 heteroatoms. The summed E-state index contributed by atoms with van der Waals surface area (Å²) in [5.41, 5.74) is 0. The second-order valence-corrected chi connectivity index (χ2v) is 7.06. The number of hydrogen-bond donors (Lipinski definition) is 0. The minimum absolute atomic E-state index is 0.0231. The molecule has 0 aromatic carbocycles. The van der Waals surface area contributed by atoms with Gasteiger partial charge in [0, 0.05) is 26.1 Å². The van der Waals surface area contributed by atoms with Crippen molar-refractivity contribution >= 4 is 41.6 Å². The van der Waals surface area contributed by atoms with Crippen molar-refractivity contribution in [1.82, 2.24) is 4.90 Å². The van der Waals surface area contributed by atoms with E-state index in [4.69, 9.17) is 18.8 Å². The van der Waals surface area contributed by atoms with E-state index in [1.54, 1.807) is 27.3 Å². The van der Waals surface area contributed by atoms with Crippen LogP contribution in [0.2, 0.25) is 0 Å². The second-order valence-electron chi connectivity index (χ2n) is 6.34. The van der Waals surface area contributed by atoms with Gasteiger partial charge in [-0.15, -0.1) is 0 Å². The summed E-state index contributed by atoms with van der Waals surface area (Å²) in [6.07, 6.45) is 3.45. The van der Waals surface area contributed by atoms with E-state index in [0.717, 1.165) is 0 Å². The van der Waals surface area contributed by atoms with Crippen molar-refractivity contribution in [3.05, 3.63) is 22.2 Å². The van der Waals surface area contributed by atoms with Crippen LogP contribution in [0.5, 0.6) is 0 Å². The Morgan fingerprint density at radius 2 is 1.69 bits per heavy atom. The van der Waals surface area contributed by atoms with Crippen LogP contribution < -0.4 is 0 Å². The van der Waals surface area contributed by atoms with Crippen LogP contribution >= 0.6 is 22.6 Å². The van der Waals surface area contributed by atoms with Crippen molar-refractivity contribution < 1.29 is 28.4 Å². The van der Waals surface area contributed by atoms with Crippen LogP contribution in [0.4, 0.5) is 0 Å². The van der Waals surface area contributed by atoms with Gasteiger partial charge in [-0.2, -0.15) is 0 Å². The summed E-state index contributed by atoms with van der Waals surface area (Å²) in [4.78, 5) is 25.1. The molecule has 146 valence electrons. The highest BCUT2D eigenvalue weighted by atomic mass is 127. The van der Waals surface area contributed by atoms with Gasteiger partial charge < -0.3 is 18.8 Å². The lowest BCUT2D eigenvalue weighted by Crippen LogP contribution is -2.42. The maximum absolute atomic E-state index is 11.8. The van der Waals surface area contributed by atoms with Crippen molar-refractivity contribution in [2.45, 2.75) is 26.1 Å². The van der Waals surface area contributed by atoms with E-state index >= 15 is 0 Å². The van der Waals surface area contributed by atoms with E-state index in [1.165, 1.54) is 10.9 Å². The molecule has 1 saturated heterocycles. The smallest absolute Gasteiger partial charge is 0.495 e. The first kappa shape index (κ1) is 23.1. The summed E-state index contributed by atoms with van der Waals surface area (Å²) in [6.45, 7) is 4.17. The normalized spacial score (nSPS) is 21.8. The first-order valence-electron chi connectivity index (χ1n) is 8.40. The quantitative estimate of drug-likeness (QED) is 0.389. The molecule has 0 bridgehead atoms. The van der Waals surface area contributed by atoms with Crippen molar-refractivity contribution in [2.75, 3.05) is 34.4 Å². The zero-order chi connectivity index (χ0) is 19.7. The lowest BCUT2D eigenvalue weighted by atomic mass is 9.84. The zero-order valence-corrected chi connectivity index (χ0v) is 18.0. The van der Waals surface area contributed by atoms with Crippen LogP contribution in [0, 0.1) is 11.8 Å². The summed E-state index contributed by atoms with van der Waals surface area (Å²) >= 11 is 2.18. The van der Waals surface area contributed by atoms with E-state index in [1.807, 2.05) is 11.0 Å². The van der Waals surface area contributed by atoms with E-state index in [-0.39, 0.29) is 37.1 Å². The molecule has 0 aromatic heterocycles. The van der Waals surface area contributed by atoms with Gasteiger partial charge in [-0.05, 0) is 17.1 Å². The summed E-state index contributed by atoms with van der Waals surface area (Å²) in [5, 5.41) is 0. The number of ether oxygens (including phenoxy) is 2. The molecule has 1 fully saturated rings. The molecule has 1 heterocycles. The molecule has 1 aliphatic rings. The van der Waals surface area contributed by atoms with Gasteiger partial charge in [0.1, 0.15) is 0 Å². The van der Waals surface area contributed by atoms with Crippen LogP contribution in [-0.2, 0) is 28.4 Å². The largest absolute Gasteiger partial charge is 0.628 e. The molecular formula is C17H27BINO6. The summed E-state index contributed by atoms with van der Waals surface area (Å²) in [5.74, 6) is 0.858. The minimum atomic E-state index is -1.05. The molecule has 26 heavy (non-hydrogen) atoms. The number of likely N-dealkylation sites (N-methyl/N-ethyl adjacent to an activating group) is 1. The van der Waals surface area contributed by atoms with Gasteiger partial charge in [-0.1, -0.05) is 48.6 Å². The Bertz CT molecular complexity index is 509. The van der Waals surface area contributed by atoms with Crippen LogP contribution in [0.15, 0.2) is 22.2 Å². The maximum Gasteiger partial charge on any atom is 0.628 e. The molecule has 0 spiro atoms. The first-order chi connectivity index (χ1) is 12.3. The van der Waals surface area contributed by atoms with Gasteiger partial charge in [-0.3, -0.25) is 14.5 Å². The topological polar surface area (TPSA) is 74.3 Å². The highest BCUT2D eigenvalue weighted by molar-refractivity contribution is 14.1. The number of rotatable bonds is 8. The predicted molar refractivity (Wildman–Crippen MR) is 108 cm³/mol. The predicted octanol–water partition coefficient (Wildman–Crippen LogP) is 1.85. The number of hydrogen-bond acceptors (Lipinski definition) is 7. The third-order valence-electron chi connectivity index (χ3n) is 4.23. The Balaban J connectivity index is 2.83. The van der Waals surface area contributed by atoms with Crippen LogP contribution in [0.3, 0.4) is 0 Å². The highest BCUT2D eigenvalue weighted by Crippen LogP contribution is 2.23. The summed E-state index contributed by atoms with van der Waals surface area (Å²) in [7, 11) is 3.87. The third-order valence-corrected chi connectivity index (χ3v) is 4.64. The lowest BCUT2D eigenvalue weighted by Gasteiger charge is -2.30. The van der Waals surface area contributed by atoms with E-state index in [9.17, 15) is 9.59 Å². The Kier molecular flexibility index (Phi) is 10.4. The fourth-order valence-corrected chi connectivity index (χ4v) is 3.58.